The van der Waals surface area contributed by atoms with Crippen molar-refractivity contribution in [1.29, 1.82) is 0 Å². The number of hydrogen-bond donors (Lipinski definition) is 0. The normalized spacial score (nSPS) is 11.9. The van der Waals surface area contributed by atoms with Crippen LogP contribution in [0.25, 0.3) is 109 Å². The maximum atomic E-state index is 6.70. The first-order valence-electron chi connectivity index (χ1n) is 16.7. The lowest BCUT2D eigenvalue weighted by Crippen LogP contribution is -2.00. The van der Waals surface area contributed by atoms with Gasteiger partial charge in [0, 0.05) is 76.4 Å². The molecular formula is C44H24N4O2S. The molecule has 0 unspecified atom stereocenters. The fraction of sp³-hybridized carbons (Fsp3) is 0. The number of rotatable bonds is 4. The molecule has 6 aromatic carbocycles. The second-order valence-electron chi connectivity index (χ2n) is 12.6. The van der Waals surface area contributed by atoms with E-state index in [1.807, 2.05) is 72.0 Å². The standard InChI is InChI=1S/C44H24N4O2S/c1-4-12-35-29(9-1)30-17-15-26(23-37(30)49-35)42-46-43(27-8-7-21-45-24-27)48-44(47-42)33-19-18-28(41-40(33)32-11-2-5-13-36(32)50-41)25-16-20-39-34(22-25)31-10-3-6-14-38(31)51-39/h1-24H. The summed E-state index contributed by atoms with van der Waals surface area (Å²) in [7, 11) is 0. The number of para-hydroxylation sites is 2. The quantitative estimate of drug-likeness (QED) is 0.185. The molecule has 0 aliphatic rings. The molecule has 0 aliphatic heterocycles. The molecular weight excluding hydrogens is 649 g/mol. The Morgan fingerprint density at radius 3 is 1.98 bits per heavy atom. The Bertz CT molecular complexity index is 3160. The molecule has 11 aromatic rings. The van der Waals surface area contributed by atoms with Crippen molar-refractivity contribution in [3.8, 4) is 45.3 Å². The zero-order valence-electron chi connectivity index (χ0n) is 26.9. The highest BCUT2D eigenvalue weighted by atomic mass is 32.1. The van der Waals surface area contributed by atoms with Gasteiger partial charge in [0.1, 0.15) is 22.3 Å². The Morgan fingerprint density at radius 2 is 1.12 bits per heavy atom. The van der Waals surface area contributed by atoms with Crippen LogP contribution in [0.15, 0.2) is 155 Å². The van der Waals surface area contributed by atoms with Gasteiger partial charge in [-0.2, -0.15) is 0 Å². The Labute approximate surface area is 294 Å². The highest BCUT2D eigenvalue weighted by Crippen LogP contribution is 2.43. The van der Waals surface area contributed by atoms with Crippen molar-refractivity contribution < 1.29 is 8.83 Å². The van der Waals surface area contributed by atoms with E-state index in [1.54, 1.807) is 12.4 Å². The van der Waals surface area contributed by atoms with E-state index >= 15 is 0 Å². The van der Waals surface area contributed by atoms with Gasteiger partial charge in [-0.25, -0.2) is 15.0 Å². The summed E-state index contributed by atoms with van der Waals surface area (Å²) in [6.45, 7) is 0. The number of aromatic nitrogens is 4. The van der Waals surface area contributed by atoms with E-state index in [0.29, 0.717) is 17.5 Å². The van der Waals surface area contributed by atoms with Gasteiger partial charge in [0.25, 0.3) is 0 Å². The van der Waals surface area contributed by atoms with Crippen molar-refractivity contribution in [3.63, 3.8) is 0 Å². The van der Waals surface area contributed by atoms with E-state index in [2.05, 4.69) is 77.8 Å². The summed E-state index contributed by atoms with van der Waals surface area (Å²) in [6.07, 6.45) is 3.53. The van der Waals surface area contributed by atoms with Gasteiger partial charge in [-0.3, -0.25) is 4.98 Å². The summed E-state index contributed by atoms with van der Waals surface area (Å²) in [5.41, 5.74) is 7.82. The summed E-state index contributed by atoms with van der Waals surface area (Å²) < 4.78 is 15.5. The molecule has 7 heteroatoms. The van der Waals surface area contributed by atoms with Gasteiger partial charge in [0.2, 0.25) is 0 Å². The summed E-state index contributed by atoms with van der Waals surface area (Å²) in [5, 5.41) is 6.59. The third kappa shape index (κ3) is 4.42. The molecule has 0 atom stereocenters. The van der Waals surface area contributed by atoms with E-state index in [0.717, 1.165) is 71.7 Å². The smallest absolute Gasteiger partial charge is 0.165 e. The molecule has 0 bridgehead atoms. The van der Waals surface area contributed by atoms with Crippen LogP contribution in [-0.4, -0.2) is 19.9 Å². The van der Waals surface area contributed by atoms with Gasteiger partial charge in [0.15, 0.2) is 17.5 Å². The molecule has 11 rings (SSSR count). The minimum Gasteiger partial charge on any atom is -0.456 e. The second-order valence-corrected chi connectivity index (χ2v) is 13.7. The number of benzene rings is 6. The van der Waals surface area contributed by atoms with Crippen LogP contribution in [0.1, 0.15) is 0 Å². The van der Waals surface area contributed by atoms with E-state index < -0.39 is 0 Å². The molecule has 0 aliphatic carbocycles. The zero-order chi connectivity index (χ0) is 33.5. The Balaban J connectivity index is 1.15. The number of pyridine rings is 1. The maximum absolute atomic E-state index is 6.70. The predicted molar refractivity (Wildman–Crippen MR) is 207 cm³/mol. The van der Waals surface area contributed by atoms with Gasteiger partial charge < -0.3 is 8.83 Å². The highest BCUT2D eigenvalue weighted by Gasteiger charge is 2.21. The lowest BCUT2D eigenvalue weighted by Gasteiger charge is -2.11. The predicted octanol–water partition coefficient (Wildman–Crippen LogP) is 12.1. The largest absolute Gasteiger partial charge is 0.456 e. The molecule has 0 spiro atoms. The van der Waals surface area contributed by atoms with Gasteiger partial charge in [0.05, 0.1) is 0 Å². The number of fused-ring (bicyclic) bond motifs is 9. The van der Waals surface area contributed by atoms with Crippen molar-refractivity contribution in [2.75, 3.05) is 0 Å². The van der Waals surface area contributed by atoms with Gasteiger partial charge in [-0.15, -0.1) is 11.3 Å². The van der Waals surface area contributed by atoms with Crippen molar-refractivity contribution in [2.24, 2.45) is 0 Å². The van der Waals surface area contributed by atoms with Crippen LogP contribution in [0.2, 0.25) is 0 Å². The second kappa shape index (κ2) is 10.9. The molecule has 51 heavy (non-hydrogen) atoms. The number of nitrogens with zero attached hydrogens (tertiary/aromatic N) is 4. The first-order valence-corrected chi connectivity index (χ1v) is 17.5. The van der Waals surface area contributed by atoms with Gasteiger partial charge in [-0.1, -0.05) is 66.7 Å². The monoisotopic (exact) mass is 672 g/mol. The molecule has 0 saturated carbocycles. The van der Waals surface area contributed by atoms with E-state index in [4.69, 9.17) is 23.8 Å². The number of hydrogen-bond acceptors (Lipinski definition) is 7. The Hall–Kier alpha value is -6.70. The minimum atomic E-state index is 0.535. The van der Waals surface area contributed by atoms with Crippen LogP contribution in [0.5, 0.6) is 0 Å². The first-order chi connectivity index (χ1) is 25.2. The third-order valence-electron chi connectivity index (χ3n) is 9.65. The average molecular weight is 673 g/mol. The molecule has 5 aromatic heterocycles. The van der Waals surface area contributed by atoms with Crippen LogP contribution in [0, 0.1) is 0 Å². The SMILES string of the molecule is c1cncc(-c2nc(-c3ccc4c(c3)oc3ccccc34)nc(-c3ccc(-c4ccc5sc6ccccc6c5c4)c4oc5ccccc5c34)n2)c1. The molecule has 0 amide bonds. The molecule has 6 nitrogen and oxygen atoms in total. The average Bonchev–Trinajstić information content (AvgIpc) is 3.89. The van der Waals surface area contributed by atoms with Crippen LogP contribution < -0.4 is 0 Å². The van der Waals surface area contributed by atoms with Crippen molar-refractivity contribution in [3.05, 3.63) is 146 Å². The Morgan fingerprint density at radius 1 is 0.431 bits per heavy atom. The van der Waals surface area contributed by atoms with Crippen molar-refractivity contribution in [2.45, 2.75) is 0 Å². The van der Waals surface area contributed by atoms with Gasteiger partial charge >= 0.3 is 0 Å². The number of thiophene rings is 1. The van der Waals surface area contributed by atoms with E-state index in [9.17, 15) is 0 Å². The van der Waals surface area contributed by atoms with Crippen LogP contribution in [0.3, 0.4) is 0 Å². The molecule has 0 radical (unpaired) electrons. The Kier molecular flexibility index (Phi) is 6.02. The van der Waals surface area contributed by atoms with Crippen molar-refractivity contribution >= 4 is 75.4 Å². The summed E-state index contributed by atoms with van der Waals surface area (Å²) in [5.74, 6) is 1.62. The van der Waals surface area contributed by atoms with E-state index in [1.165, 1.54) is 20.2 Å². The number of furan rings is 2. The summed E-state index contributed by atoms with van der Waals surface area (Å²) in [6, 6.07) is 45.7. The van der Waals surface area contributed by atoms with Crippen molar-refractivity contribution in [1.82, 2.24) is 19.9 Å². The zero-order valence-corrected chi connectivity index (χ0v) is 27.7. The molecule has 0 N–H and O–H groups in total. The van der Waals surface area contributed by atoms with Crippen LogP contribution in [0.4, 0.5) is 0 Å². The molecule has 0 saturated heterocycles. The topological polar surface area (TPSA) is 77.8 Å². The molecule has 238 valence electrons. The first kappa shape index (κ1) is 28.2. The fourth-order valence-electron chi connectivity index (χ4n) is 7.25. The minimum absolute atomic E-state index is 0.535. The van der Waals surface area contributed by atoms with Crippen LogP contribution in [-0.2, 0) is 0 Å². The summed E-state index contributed by atoms with van der Waals surface area (Å²) >= 11 is 1.82. The summed E-state index contributed by atoms with van der Waals surface area (Å²) in [4.78, 5) is 19.6. The lowest BCUT2D eigenvalue weighted by molar-refractivity contribution is 0.669. The third-order valence-corrected chi connectivity index (χ3v) is 10.8. The lowest BCUT2D eigenvalue weighted by atomic mass is 9.97. The molecule has 5 heterocycles. The highest BCUT2D eigenvalue weighted by molar-refractivity contribution is 7.25. The van der Waals surface area contributed by atoms with Crippen LogP contribution >= 0.6 is 11.3 Å². The van der Waals surface area contributed by atoms with Gasteiger partial charge in [-0.05, 0) is 72.3 Å². The molecule has 0 fully saturated rings. The van der Waals surface area contributed by atoms with E-state index in [-0.39, 0.29) is 0 Å². The maximum Gasteiger partial charge on any atom is 0.165 e. The fourth-order valence-corrected chi connectivity index (χ4v) is 8.34.